The molecule has 24 heavy (non-hydrogen) atoms. The van der Waals surface area contributed by atoms with Crippen molar-refractivity contribution < 1.29 is 9.72 Å². The summed E-state index contributed by atoms with van der Waals surface area (Å²) in [5.74, 6) is -0.397. The summed E-state index contributed by atoms with van der Waals surface area (Å²) in [6.45, 7) is 3.65. The SMILES string of the molecule is CCc1ccc2nc(NC(=O)c3cccc([N+](=O)[O-])c3C)sc2c1. The summed E-state index contributed by atoms with van der Waals surface area (Å²) in [6.07, 6.45) is 0.933. The Morgan fingerprint density at radius 2 is 2.12 bits per heavy atom. The van der Waals surface area contributed by atoms with Crippen LogP contribution in [0.1, 0.15) is 28.4 Å². The molecule has 0 fully saturated rings. The maximum atomic E-state index is 12.4. The molecule has 2 aromatic carbocycles. The number of carbonyl (C=O) groups excluding carboxylic acids is 1. The van der Waals surface area contributed by atoms with Gasteiger partial charge in [0.15, 0.2) is 5.13 Å². The van der Waals surface area contributed by atoms with E-state index in [0.717, 1.165) is 16.6 Å². The Morgan fingerprint density at radius 1 is 1.33 bits per heavy atom. The highest BCUT2D eigenvalue weighted by atomic mass is 32.1. The van der Waals surface area contributed by atoms with Gasteiger partial charge in [0, 0.05) is 17.2 Å². The summed E-state index contributed by atoms with van der Waals surface area (Å²) >= 11 is 1.39. The van der Waals surface area contributed by atoms with Crippen molar-refractivity contribution in [2.24, 2.45) is 0 Å². The van der Waals surface area contributed by atoms with Crippen molar-refractivity contribution in [3.05, 3.63) is 63.2 Å². The number of thiazole rings is 1. The van der Waals surface area contributed by atoms with Crippen LogP contribution in [0.2, 0.25) is 0 Å². The predicted octanol–water partition coefficient (Wildman–Crippen LogP) is 4.33. The van der Waals surface area contributed by atoms with E-state index in [-0.39, 0.29) is 11.3 Å². The third kappa shape index (κ3) is 2.98. The van der Waals surface area contributed by atoms with Crippen LogP contribution in [0.25, 0.3) is 10.2 Å². The standard InChI is InChI=1S/C17H15N3O3S/c1-3-11-7-8-13-15(9-11)24-17(18-13)19-16(21)12-5-4-6-14(10(12)2)20(22)23/h4-9H,3H2,1-2H3,(H,18,19,21). The van der Waals surface area contributed by atoms with Gasteiger partial charge in [-0.05, 0) is 37.1 Å². The predicted molar refractivity (Wildman–Crippen MR) is 94.8 cm³/mol. The van der Waals surface area contributed by atoms with Gasteiger partial charge in [0.2, 0.25) is 0 Å². The molecule has 3 aromatic rings. The molecule has 0 spiro atoms. The van der Waals surface area contributed by atoms with Crippen molar-refractivity contribution in [2.45, 2.75) is 20.3 Å². The van der Waals surface area contributed by atoms with E-state index >= 15 is 0 Å². The van der Waals surface area contributed by atoms with E-state index < -0.39 is 10.8 Å². The first kappa shape index (κ1) is 16.1. The number of hydrogen-bond donors (Lipinski definition) is 1. The molecule has 122 valence electrons. The summed E-state index contributed by atoms with van der Waals surface area (Å²) in [6, 6.07) is 10.5. The second-order valence-corrected chi connectivity index (χ2v) is 6.37. The number of nitro groups is 1. The van der Waals surface area contributed by atoms with Crippen LogP contribution < -0.4 is 5.32 Å². The summed E-state index contributed by atoms with van der Waals surface area (Å²) in [4.78, 5) is 27.3. The molecule has 0 aliphatic heterocycles. The zero-order chi connectivity index (χ0) is 17.3. The van der Waals surface area contributed by atoms with Gasteiger partial charge in [-0.25, -0.2) is 4.98 Å². The third-order valence-electron chi connectivity index (χ3n) is 3.83. The normalized spacial score (nSPS) is 10.8. The molecule has 6 nitrogen and oxygen atoms in total. The quantitative estimate of drug-likeness (QED) is 0.565. The molecule has 3 rings (SSSR count). The highest BCUT2D eigenvalue weighted by molar-refractivity contribution is 7.22. The first-order valence-corrected chi connectivity index (χ1v) is 8.26. The Bertz CT molecular complexity index is 949. The largest absolute Gasteiger partial charge is 0.298 e. The van der Waals surface area contributed by atoms with E-state index in [0.29, 0.717) is 10.7 Å². The van der Waals surface area contributed by atoms with Crippen LogP contribution in [-0.4, -0.2) is 15.8 Å². The van der Waals surface area contributed by atoms with Gasteiger partial charge in [-0.1, -0.05) is 30.4 Å². The zero-order valence-electron chi connectivity index (χ0n) is 13.2. The fourth-order valence-electron chi connectivity index (χ4n) is 2.47. The van der Waals surface area contributed by atoms with Gasteiger partial charge in [-0.15, -0.1) is 0 Å². The van der Waals surface area contributed by atoms with Gasteiger partial charge in [0.1, 0.15) is 0 Å². The fraction of sp³-hybridized carbons (Fsp3) is 0.176. The number of amides is 1. The van der Waals surface area contributed by atoms with Crippen molar-refractivity contribution in [2.75, 3.05) is 5.32 Å². The average Bonchev–Trinajstić information content (AvgIpc) is 2.95. The molecule has 1 aromatic heterocycles. The number of nitrogens with zero attached hydrogens (tertiary/aromatic N) is 2. The molecular weight excluding hydrogens is 326 g/mol. The Hall–Kier alpha value is -2.80. The lowest BCUT2D eigenvalue weighted by Gasteiger charge is -2.05. The van der Waals surface area contributed by atoms with E-state index in [4.69, 9.17) is 0 Å². The molecule has 0 aliphatic carbocycles. The molecule has 1 N–H and O–H groups in total. The second kappa shape index (κ2) is 6.37. The van der Waals surface area contributed by atoms with Crippen molar-refractivity contribution in [1.29, 1.82) is 0 Å². The number of nitrogens with one attached hydrogen (secondary N) is 1. The number of rotatable bonds is 4. The molecule has 7 heteroatoms. The first-order chi connectivity index (χ1) is 11.5. The molecular formula is C17H15N3O3S. The van der Waals surface area contributed by atoms with Gasteiger partial charge < -0.3 is 0 Å². The Kier molecular flexibility index (Phi) is 4.26. The van der Waals surface area contributed by atoms with Crippen LogP contribution in [0.5, 0.6) is 0 Å². The van der Waals surface area contributed by atoms with E-state index in [2.05, 4.69) is 23.3 Å². The van der Waals surface area contributed by atoms with Crippen molar-refractivity contribution in [3.63, 3.8) is 0 Å². The third-order valence-corrected chi connectivity index (χ3v) is 4.76. The number of anilines is 1. The van der Waals surface area contributed by atoms with E-state index in [1.54, 1.807) is 13.0 Å². The summed E-state index contributed by atoms with van der Waals surface area (Å²) < 4.78 is 1.00. The molecule has 0 bridgehead atoms. The van der Waals surface area contributed by atoms with Gasteiger partial charge in [0.25, 0.3) is 11.6 Å². The van der Waals surface area contributed by atoms with Crippen LogP contribution in [0.15, 0.2) is 36.4 Å². The monoisotopic (exact) mass is 341 g/mol. The van der Waals surface area contributed by atoms with Gasteiger partial charge >= 0.3 is 0 Å². The topological polar surface area (TPSA) is 85.1 Å². The lowest BCUT2D eigenvalue weighted by Crippen LogP contribution is -2.13. The number of fused-ring (bicyclic) bond motifs is 1. The maximum absolute atomic E-state index is 12.4. The minimum atomic E-state index is -0.490. The van der Waals surface area contributed by atoms with Crippen molar-refractivity contribution in [3.8, 4) is 0 Å². The Morgan fingerprint density at radius 3 is 2.83 bits per heavy atom. The molecule has 0 radical (unpaired) electrons. The van der Waals surface area contributed by atoms with Crippen LogP contribution in [0.3, 0.4) is 0 Å². The number of nitro benzene ring substituents is 1. The van der Waals surface area contributed by atoms with Gasteiger partial charge in [-0.2, -0.15) is 0 Å². The Balaban J connectivity index is 1.90. The zero-order valence-corrected chi connectivity index (χ0v) is 14.0. The highest BCUT2D eigenvalue weighted by Gasteiger charge is 2.19. The molecule has 1 amide bonds. The van der Waals surface area contributed by atoms with Crippen molar-refractivity contribution in [1.82, 2.24) is 4.98 Å². The van der Waals surface area contributed by atoms with E-state index in [1.807, 2.05) is 12.1 Å². The Labute approximate surface area is 142 Å². The lowest BCUT2D eigenvalue weighted by atomic mass is 10.1. The maximum Gasteiger partial charge on any atom is 0.273 e. The number of benzene rings is 2. The van der Waals surface area contributed by atoms with Crippen LogP contribution >= 0.6 is 11.3 Å². The summed E-state index contributed by atoms with van der Waals surface area (Å²) in [5, 5.41) is 14.2. The van der Waals surface area contributed by atoms with E-state index in [9.17, 15) is 14.9 Å². The second-order valence-electron chi connectivity index (χ2n) is 5.34. The van der Waals surface area contributed by atoms with Crippen molar-refractivity contribution >= 4 is 38.3 Å². The number of carbonyl (C=O) groups is 1. The molecule has 0 atom stereocenters. The molecule has 0 aliphatic rings. The van der Waals surface area contributed by atoms with E-state index in [1.165, 1.54) is 29.0 Å². The first-order valence-electron chi connectivity index (χ1n) is 7.44. The summed E-state index contributed by atoms with van der Waals surface area (Å²) in [7, 11) is 0. The molecule has 1 heterocycles. The van der Waals surface area contributed by atoms with Gasteiger partial charge in [-0.3, -0.25) is 20.2 Å². The number of aromatic nitrogens is 1. The molecule has 0 saturated carbocycles. The van der Waals surface area contributed by atoms with Crippen LogP contribution in [0.4, 0.5) is 10.8 Å². The minimum Gasteiger partial charge on any atom is -0.298 e. The molecule has 0 saturated heterocycles. The lowest BCUT2D eigenvalue weighted by molar-refractivity contribution is -0.385. The summed E-state index contributed by atoms with van der Waals surface area (Å²) in [5.41, 5.74) is 2.58. The number of hydrogen-bond acceptors (Lipinski definition) is 5. The number of aryl methyl sites for hydroxylation is 1. The van der Waals surface area contributed by atoms with Crippen LogP contribution in [-0.2, 0) is 6.42 Å². The average molecular weight is 341 g/mol. The minimum absolute atomic E-state index is 0.0699. The smallest absolute Gasteiger partial charge is 0.273 e. The highest BCUT2D eigenvalue weighted by Crippen LogP contribution is 2.28. The van der Waals surface area contributed by atoms with Crippen LogP contribution in [0, 0.1) is 17.0 Å². The fourth-order valence-corrected chi connectivity index (χ4v) is 3.40. The molecule has 0 unspecified atom stereocenters. The van der Waals surface area contributed by atoms with Gasteiger partial charge in [0.05, 0.1) is 15.1 Å².